The lowest BCUT2D eigenvalue weighted by molar-refractivity contribution is 0.0930. The Morgan fingerprint density at radius 2 is 2.46 bits per heavy atom. The van der Waals surface area contributed by atoms with Crippen LogP contribution in [-0.2, 0) is 0 Å². The zero-order valence-electron chi connectivity index (χ0n) is 7.59. The minimum atomic E-state index is -0.547. The first-order valence-corrected chi connectivity index (χ1v) is 4.13. The van der Waals surface area contributed by atoms with Crippen molar-refractivity contribution in [1.82, 2.24) is 10.5 Å². The molecule has 1 unspecified atom stereocenters. The Balaban J connectivity index is 2.64. The van der Waals surface area contributed by atoms with E-state index in [-0.39, 0.29) is 17.6 Å². The van der Waals surface area contributed by atoms with Crippen LogP contribution in [0.5, 0.6) is 0 Å². The monoisotopic (exact) mass is 184 g/mol. The molecule has 0 saturated carbocycles. The fourth-order valence-electron chi connectivity index (χ4n) is 0.798. The summed E-state index contributed by atoms with van der Waals surface area (Å²) in [4.78, 5) is 21.9. The molecule has 2 N–H and O–H groups in total. The standard InChI is InChI=1S/C8H12N2O3/c1-3-5(2)9-8(12)6-4-7(11)13-10-6/h4-5,10H,3H2,1-2H3,(H,9,12). The zero-order chi connectivity index (χ0) is 9.84. The number of aromatic amines is 1. The topological polar surface area (TPSA) is 75.1 Å². The second kappa shape index (κ2) is 3.93. The van der Waals surface area contributed by atoms with Gasteiger partial charge in [0.1, 0.15) is 5.69 Å². The van der Waals surface area contributed by atoms with E-state index in [1.54, 1.807) is 0 Å². The summed E-state index contributed by atoms with van der Waals surface area (Å²) in [6, 6.07) is 1.21. The lowest BCUT2D eigenvalue weighted by atomic mass is 10.2. The summed E-state index contributed by atoms with van der Waals surface area (Å²) in [5.41, 5.74) is -0.389. The summed E-state index contributed by atoms with van der Waals surface area (Å²) in [5.74, 6) is -0.319. The highest BCUT2D eigenvalue weighted by Crippen LogP contribution is 1.93. The Bertz CT molecular complexity index is 339. The molecule has 5 nitrogen and oxygen atoms in total. The van der Waals surface area contributed by atoms with Gasteiger partial charge in [0, 0.05) is 6.04 Å². The highest BCUT2D eigenvalue weighted by molar-refractivity contribution is 5.92. The van der Waals surface area contributed by atoms with Crippen molar-refractivity contribution in [2.45, 2.75) is 26.3 Å². The Kier molecular flexibility index (Phi) is 2.89. The van der Waals surface area contributed by atoms with Crippen LogP contribution in [0.2, 0.25) is 0 Å². The number of amides is 1. The highest BCUT2D eigenvalue weighted by Gasteiger charge is 2.10. The molecule has 13 heavy (non-hydrogen) atoms. The van der Waals surface area contributed by atoms with Gasteiger partial charge in [0.05, 0.1) is 6.07 Å². The fraction of sp³-hybridized carbons (Fsp3) is 0.500. The quantitative estimate of drug-likeness (QED) is 0.718. The second-order valence-corrected chi connectivity index (χ2v) is 2.86. The molecule has 1 amide bonds. The summed E-state index contributed by atoms with van der Waals surface area (Å²) < 4.78 is 4.36. The molecule has 1 heterocycles. The molecule has 72 valence electrons. The van der Waals surface area contributed by atoms with Crippen LogP contribution in [0.15, 0.2) is 15.4 Å². The van der Waals surface area contributed by atoms with Crippen LogP contribution < -0.4 is 10.9 Å². The first-order chi connectivity index (χ1) is 6.13. The predicted octanol–water partition coefficient (Wildman–Crippen LogP) is 0.496. The fourth-order valence-corrected chi connectivity index (χ4v) is 0.798. The van der Waals surface area contributed by atoms with E-state index in [4.69, 9.17) is 0 Å². The second-order valence-electron chi connectivity index (χ2n) is 2.86. The molecule has 0 spiro atoms. The molecule has 0 aliphatic rings. The van der Waals surface area contributed by atoms with Crippen molar-refractivity contribution in [3.8, 4) is 0 Å². The van der Waals surface area contributed by atoms with Gasteiger partial charge in [-0.2, -0.15) is 0 Å². The lowest BCUT2D eigenvalue weighted by Crippen LogP contribution is -2.32. The van der Waals surface area contributed by atoms with E-state index in [0.29, 0.717) is 0 Å². The Morgan fingerprint density at radius 3 is 2.92 bits per heavy atom. The minimum Gasteiger partial charge on any atom is -0.348 e. The van der Waals surface area contributed by atoms with E-state index >= 15 is 0 Å². The van der Waals surface area contributed by atoms with E-state index in [9.17, 15) is 9.59 Å². The van der Waals surface area contributed by atoms with Crippen LogP contribution in [0.1, 0.15) is 30.8 Å². The molecule has 1 aromatic rings. The Labute approximate surface area is 75.1 Å². The van der Waals surface area contributed by atoms with Crippen LogP contribution in [0.4, 0.5) is 0 Å². The molecule has 1 rings (SSSR count). The minimum absolute atomic E-state index is 0.0888. The third-order valence-electron chi connectivity index (χ3n) is 1.76. The summed E-state index contributed by atoms with van der Waals surface area (Å²) >= 11 is 0. The number of rotatable bonds is 3. The maximum Gasteiger partial charge on any atom is 0.358 e. The van der Waals surface area contributed by atoms with Crippen molar-refractivity contribution in [2.75, 3.05) is 0 Å². The number of carbonyl (C=O) groups is 1. The van der Waals surface area contributed by atoms with E-state index in [0.717, 1.165) is 12.5 Å². The maximum absolute atomic E-state index is 11.3. The van der Waals surface area contributed by atoms with E-state index in [1.807, 2.05) is 13.8 Å². The number of hydrogen-bond donors (Lipinski definition) is 2. The van der Waals surface area contributed by atoms with Gasteiger partial charge in [-0.1, -0.05) is 6.92 Å². The number of nitrogens with one attached hydrogen (secondary N) is 2. The Morgan fingerprint density at radius 1 is 1.77 bits per heavy atom. The number of aromatic nitrogens is 1. The molecule has 1 aromatic heterocycles. The van der Waals surface area contributed by atoms with E-state index < -0.39 is 5.63 Å². The molecule has 0 aliphatic heterocycles. The lowest BCUT2D eigenvalue weighted by Gasteiger charge is -2.08. The molecule has 0 saturated heterocycles. The predicted molar refractivity (Wildman–Crippen MR) is 46.5 cm³/mol. The van der Waals surface area contributed by atoms with Gasteiger partial charge in [-0.3, -0.25) is 4.79 Å². The van der Waals surface area contributed by atoms with Crippen molar-refractivity contribution >= 4 is 5.91 Å². The number of H-pyrrole nitrogens is 1. The first kappa shape index (κ1) is 9.57. The van der Waals surface area contributed by atoms with Gasteiger partial charge < -0.3 is 9.84 Å². The van der Waals surface area contributed by atoms with Crippen molar-refractivity contribution in [1.29, 1.82) is 0 Å². The molecule has 0 fully saturated rings. The maximum atomic E-state index is 11.3. The third kappa shape index (κ3) is 2.47. The van der Waals surface area contributed by atoms with E-state index in [2.05, 4.69) is 15.0 Å². The highest BCUT2D eigenvalue weighted by atomic mass is 16.5. The van der Waals surface area contributed by atoms with Crippen molar-refractivity contribution < 1.29 is 9.32 Å². The van der Waals surface area contributed by atoms with Crippen molar-refractivity contribution in [3.63, 3.8) is 0 Å². The molecule has 0 bridgehead atoms. The Hall–Kier alpha value is -1.52. The summed E-state index contributed by atoms with van der Waals surface area (Å²) in [7, 11) is 0. The van der Waals surface area contributed by atoms with Crippen LogP contribution in [-0.4, -0.2) is 17.1 Å². The van der Waals surface area contributed by atoms with Gasteiger partial charge in [0.15, 0.2) is 0 Å². The first-order valence-electron chi connectivity index (χ1n) is 4.13. The van der Waals surface area contributed by atoms with Crippen LogP contribution in [0, 0.1) is 0 Å². The largest absolute Gasteiger partial charge is 0.358 e. The van der Waals surface area contributed by atoms with Crippen molar-refractivity contribution in [2.24, 2.45) is 0 Å². The SMILES string of the molecule is CCC(C)NC(=O)c1cc(=O)o[nH]1. The molecule has 1 atom stereocenters. The normalized spacial score (nSPS) is 12.5. The molecule has 0 aromatic carbocycles. The molecular weight excluding hydrogens is 172 g/mol. The van der Waals surface area contributed by atoms with Gasteiger partial charge in [0.25, 0.3) is 5.91 Å². The van der Waals surface area contributed by atoms with Crippen molar-refractivity contribution in [3.05, 3.63) is 22.2 Å². The average molecular weight is 184 g/mol. The molecular formula is C8H12N2O3. The summed E-state index contributed by atoms with van der Waals surface area (Å²) in [6.45, 7) is 3.85. The summed E-state index contributed by atoms with van der Waals surface area (Å²) in [6.07, 6.45) is 0.841. The van der Waals surface area contributed by atoms with Gasteiger partial charge in [-0.25, -0.2) is 9.95 Å². The summed E-state index contributed by atoms with van der Waals surface area (Å²) in [5, 5.41) is 4.93. The van der Waals surface area contributed by atoms with Gasteiger partial charge in [0.2, 0.25) is 0 Å². The molecule has 0 aliphatic carbocycles. The number of hydrogen-bond acceptors (Lipinski definition) is 3. The van der Waals surface area contributed by atoms with Gasteiger partial charge in [-0.05, 0) is 13.3 Å². The third-order valence-corrected chi connectivity index (χ3v) is 1.76. The molecule has 5 heteroatoms. The zero-order valence-corrected chi connectivity index (χ0v) is 7.59. The van der Waals surface area contributed by atoms with Gasteiger partial charge >= 0.3 is 5.63 Å². The van der Waals surface area contributed by atoms with Crippen LogP contribution in [0.25, 0.3) is 0 Å². The average Bonchev–Trinajstić information content (AvgIpc) is 2.51. The molecule has 0 radical (unpaired) electrons. The smallest absolute Gasteiger partial charge is 0.348 e. The van der Waals surface area contributed by atoms with Crippen LogP contribution in [0.3, 0.4) is 0 Å². The van der Waals surface area contributed by atoms with Crippen LogP contribution >= 0.6 is 0 Å². The number of carbonyl (C=O) groups excluding carboxylic acids is 1. The van der Waals surface area contributed by atoms with E-state index in [1.165, 1.54) is 0 Å². The van der Waals surface area contributed by atoms with Gasteiger partial charge in [-0.15, -0.1) is 0 Å².